The summed E-state index contributed by atoms with van der Waals surface area (Å²) in [5.74, 6) is 1.22. The van der Waals surface area contributed by atoms with Crippen LogP contribution >= 0.6 is 0 Å². The molecule has 0 spiro atoms. The summed E-state index contributed by atoms with van der Waals surface area (Å²) in [7, 11) is 1.57. The molecule has 2 aliphatic rings. The monoisotopic (exact) mass is 451 g/mol. The lowest BCUT2D eigenvalue weighted by Crippen LogP contribution is -2.45. The molecule has 0 atom stereocenters. The SMILES string of the molecule is CON=C(CC1CCN(C(=O)C2CCN(Cc3cnc(N)nc3)CC2)CC1)c1ccccn1. The van der Waals surface area contributed by atoms with E-state index < -0.39 is 0 Å². The molecule has 2 saturated heterocycles. The van der Waals surface area contributed by atoms with Gasteiger partial charge >= 0.3 is 0 Å². The molecular weight excluding hydrogens is 418 g/mol. The second-order valence-electron chi connectivity index (χ2n) is 8.91. The summed E-state index contributed by atoms with van der Waals surface area (Å²) in [4.78, 5) is 35.1. The molecule has 2 aliphatic heterocycles. The van der Waals surface area contributed by atoms with E-state index in [2.05, 4.69) is 29.9 Å². The van der Waals surface area contributed by atoms with Crippen molar-refractivity contribution >= 4 is 17.6 Å². The molecule has 2 aromatic rings. The summed E-state index contributed by atoms with van der Waals surface area (Å²) in [5.41, 5.74) is 8.35. The fourth-order valence-electron chi connectivity index (χ4n) is 4.76. The number of likely N-dealkylation sites (tertiary alicyclic amines) is 2. The predicted molar refractivity (Wildman–Crippen MR) is 126 cm³/mol. The zero-order valence-corrected chi connectivity index (χ0v) is 19.3. The lowest BCUT2D eigenvalue weighted by Gasteiger charge is -2.37. The van der Waals surface area contributed by atoms with Gasteiger partial charge < -0.3 is 15.5 Å². The summed E-state index contributed by atoms with van der Waals surface area (Å²) in [6.07, 6.45) is 9.92. The molecular formula is C24H33N7O2. The van der Waals surface area contributed by atoms with Crippen LogP contribution in [-0.2, 0) is 16.2 Å². The van der Waals surface area contributed by atoms with Gasteiger partial charge in [-0.15, -0.1) is 0 Å². The van der Waals surface area contributed by atoms with Gasteiger partial charge in [0.1, 0.15) is 12.8 Å². The number of hydrogen-bond donors (Lipinski definition) is 1. The van der Waals surface area contributed by atoms with E-state index in [1.807, 2.05) is 18.2 Å². The van der Waals surface area contributed by atoms with Crippen molar-refractivity contribution in [3.05, 3.63) is 48.0 Å². The van der Waals surface area contributed by atoms with Crippen LogP contribution in [-0.4, -0.2) is 69.7 Å². The summed E-state index contributed by atoms with van der Waals surface area (Å²) < 4.78 is 0. The minimum absolute atomic E-state index is 0.125. The first-order chi connectivity index (χ1) is 16.1. The van der Waals surface area contributed by atoms with E-state index in [1.165, 1.54) is 0 Å². The van der Waals surface area contributed by atoms with Gasteiger partial charge in [0.05, 0.1) is 5.69 Å². The number of carbonyl (C=O) groups is 1. The summed E-state index contributed by atoms with van der Waals surface area (Å²) >= 11 is 0. The fraction of sp³-hybridized carbons (Fsp3) is 0.542. The van der Waals surface area contributed by atoms with Crippen LogP contribution in [0.4, 0.5) is 5.95 Å². The molecule has 2 N–H and O–H groups in total. The predicted octanol–water partition coefficient (Wildman–Crippen LogP) is 2.35. The van der Waals surface area contributed by atoms with E-state index in [9.17, 15) is 4.79 Å². The molecule has 0 aliphatic carbocycles. The highest BCUT2D eigenvalue weighted by molar-refractivity contribution is 5.98. The first-order valence-corrected chi connectivity index (χ1v) is 11.7. The van der Waals surface area contributed by atoms with Gasteiger partial charge in [-0.1, -0.05) is 11.2 Å². The molecule has 4 rings (SSSR count). The van der Waals surface area contributed by atoms with Crippen LogP contribution in [0.5, 0.6) is 0 Å². The number of piperidine rings is 2. The third-order valence-electron chi connectivity index (χ3n) is 6.64. The maximum absolute atomic E-state index is 13.1. The molecule has 9 nitrogen and oxygen atoms in total. The van der Waals surface area contributed by atoms with Gasteiger partial charge in [0.15, 0.2) is 0 Å². The maximum Gasteiger partial charge on any atom is 0.225 e. The molecule has 0 bridgehead atoms. The van der Waals surface area contributed by atoms with Crippen molar-refractivity contribution in [2.24, 2.45) is 17.0 Å². The van der Waals surface area contributed by atoms with Crippen LogP contribution in [0.3, 0.4) is 0 Å². The zero-order valence-electron chi connectivity index (χ0n) is 19.3. The van der Waals surface area contributed by atoms with Crippen LogP contribution in [0.2, 0.25) is 0 Å². The molecule has 0 aromatic carbocycles. The van der Waals surface area contributed by atoms with Gasteiger partial charge in [0, 0.05) is 49.7 Å². The van der Waals surface area contributed by atoms with Crippen molar-refractivity contribution < 1.29 is 9.63 Å². The first kappa shape index (κ1) is 23.1. The van der Waals surface area contributed by atoms with Crippen LogP contribution in [0.15, 0.2) is 41.9 Å². The normalized spacial score (nSPS) is 18.9. The smallest absolute Gasteiger partial charge is 0.225 e. The van der Waals surface area contributed by atoms with Gasteiger partial charge in [0.2, 0.25) is 11.9 Å². The van der Waals surface area contributed by atoms with Crippen molar-refractivity contribution in [1.29, 1.82) is 0 Å². The Morgan fingerprint density at radius 2 is 1.82 bits per heavy atom. The van der Waals surface area contributed by atoms with Crippen LogP contribution in [0.25, 0.3) is 0 Å². The van der Waals surface area contributed by atoms with Gasteiger partial charge in [-0.3, -0.25) is 14.7 Å². The van der Waals surface area contributed by atoms with Gasteiger partial charge in [-0.05, 0) is 63.2 Å². The third kappa shape index (κ3) is 6.25. The Balaban J connectivity index is 1.22. The highest BCUT2D eigenvalue weighted by atomic mass is 16.6. The summed E-state index contributed by atoms with van der Waals surface area (Å²) in [6.45, 7) is 4.26. The molecule has 9 heteroatoms. The van der Waals surface area contributed by atoms with Crippen molar-refractivity contribution in [3.8, 4) is 0 Å². The lowest BCUT2D eigenvalue weighted by molar-refractivity contribution is -0.138. The molecule has 0 saturated carbocycles. The van der Waals surface area contributed by atoms with Crippen molar-refractivity contribution in [2.75, 3.05) is 39.0 Å². The van der Waals surface area contributed by atoms with E-state index in [0.717, 1.165) is 81.8 Å². The number of pyridine rings is 1. The highest BCUT2D eigenvalue weighted by Gasteiger charge is 2.31. The number of nitrogen functional groups attached to an aromatic ring is 1. The Hall–Kier alpha value is -3.07. The quantitative estimate of drug-likeness (QED) is 0.508. The standard InChI is InChI=1S/C24H33N7O2/c1-33-29-22(21-4-2-3-9-26-21)14-18-5-12-31(13-6-18)23(32)20-7-10-30(11-8-20)17-19-15-27-24(25)28-16-19/h2-4,9,15-16,18,20H,5-8,10-14,17H2,1H3,(H2,25,27,28). The van der Waals surface area contributed by atoms with Crippen molar-refractivity contribution in [1.82, 2.24) is 24.8 Å². The topological polar surface area (TPSA) is 110 Å². The molecule has 4 heterocycles. The largest absolute Gasteiger partial charge is 0.399 e. The first-order valence-electron chi connectivity index (χ1n) is 11.7. The Kier molecular flexibility index (Phi) is 7.83. The molecule has 1 amide bonds. The van der Waals surface area contributed by atoms with Crippen molar-refractivity contribution in [2.45, 2.75) is 38.6 Å². The number of carbonyl (C=O) groups excluding carboxylic acids is 1. The lowest BCUT2D eigenvalue weighted by atomic mass is 9.88. The van der Waals surface area contributed by atoms with Gasteiger partial charge in [-0.25, -0.2) is 9.97 Å². The van der Waals surface area contributed by atoms with Gasteiger partial charge in [-0.2, -0.15) is 0 Å². The molecule has 176 valence electrons. The van der Waals surface area contributed by atoms with E-state index >= 15 is 0 Å². The Morgan fingerprint density at radius 3 is 2.45 bits per heavy atom. The number of anilines is 1. The minimum atomic E-state index is 0.125. The van der Waals surface area contributed by atoms with E-state index in [-0.39, 0.29) is 5.92 Å². The number of oxime groups is 1. The minimum Gasteiger partial charge on any atom is -0.399 e. The average Bonchev–Trinajstić information content (AvgIpc) is 2.86. The third-order valence-corrected chi connectivity index (χ3v) is 6.64. The number of rotatable bonds is 7. The second-order valence-corrected chi connectivity index (χ2v) is 8.91. The number of nitrogens with two attached hydrogens (primary N) is 1. The Morgan fingerprint density at radius 1 is 1.09 bits per heavy atom. The number of aromatic nitrogens is 3. The molecule has 2 aromatic heterocycles. The fourth-order valence-corrected chi connectivity index (χ4v) is 4.76. The number of amides is 1. The van der Waals surface area contributed by atoms with E-state index in [1.54, 1.807) is 25.7 Å². The summed E-state index contributed by atoms with van der Waals surface area (Å²) in [5, 5.41) is 4.21. The van der Waals surface area contributed by atoms with Crippen molar-refractivity contribution in [3.63, 3.8) is 0 Å². The average molecular weight is 452 g/mol. The van der Waals surface area contributed by atoms with Crippen LogP contribution < -0.4 is 5.73 Å². The summed E-state index contributed by atoms with van der Waals surface area (Å²) in [6, 6.07) is 5.82. The van der Waals surface area contributed by atoms with Crippen LogP contribution in [0.1, 0.15) is 43.4 Å². The zero-order chi connectivity index (χ0) is 23.0. The molecule has 33 heavy (non-hydrogen) atoms. The second kappa shape index (κ2) is 11.2. The number of nitrogens with zero attached hydrogens (tertiary/aromatic N) is 6. The Labute approximate surface area is 195 Å². The Bertz CT molecular complexity index is 920. The van der Waals surface area contributed by atoms with E-state index in [4.69, 9.17) is 10.6 Å². The maximum atomic E-state index is 13.1. The molecule has 0 radical (unpaired) electrons. The highest BCUT2D eigenvalue weighted by Crippen LogP contribution is 2.27. The molecule has 0 unspecified atom stereocenters. The van der Waals surface area contributed by atoms with E-state index in [0.29, 0.717) is 17.8 Å². The van der Waals surface area contributed by atoms with Crippen LogP contribution in [0, 0.1) is 11.8 Å². The van der Waals surface area contributed by atoms with Gasteiger partial charge in [0.25, 0.3) is 0 Å². The molecule has 2 fully saturated rings. The number of hydrogen-bond acceptors (Lipinski definition) is 8.